The van der Waals surface area contributed by atoms with Crippen molar-refractivity contribution in [2.24, 2.45) is 0 Å². The zero-order valence-electron chi connectivity index (χ0n) is 16.8. The van der Waals surface area contributed by atoms with Crippen LogP contribution in [-0.2, 0) is 4.74 Å². The number of rotatable bonds is 6. The summed E-state index contributed by atoms with van der Waals surface area (Å²) in [6.45, 7) is 4.11. The third-order valence-electron chi connectivity index (χ3n) is 4.51. The maximum Gasteiger partial charge on any atom is 0.339 e. The molecule has 0 bridgehead atoms. The predicted molar refractivity (Wildman–Crippen MR) is 126 cm³/mol. The number of carbonyl (C=O) groups excluding carboxylic acids is 1. The highest BCUT2D eigenvalue weighted by atomic mass is 35.5. The van der Waals surface area contributed by atoms with Gasteiger partial charge in [-0.25, -0.2) is 4.79 Å². The maximum absolute atomic E-state index is 11.9. The van der Waals surface area contributed by atoms with E-state index < -0.39 is 5.97 Å². The van der Waals surface area contributed by atoms with E-state index in [1.807, 2.05) is 24.3 Å². The molecule has 0 saturated heterocycles. The zero-order chi connectivity index (χ0) is 21.5. The minimum atomic E-state index is -0.446. The van der Waals surface area contributed by atoms with E-state index >= 15 is 0 Å². The molecule has 0 spiro atoms. The summed E-state index contributed by atoms with van der Waals surface area (Å²) >= 11 is 11.8. The fourth-order valence-corrected chi connectivity index (χ4v) is 3.61. The summed E-state index contributed by atoms with van der Waals surface area (Å²) in [4.78, 5) is 11.9. The summed E-state index contributed by atoms with van der Waals surface area (Å²) < 4.78 is 5.01. The lowest BCUT2D eigenvalue weighted by Gasteiger charge is -2.22. The average molecular weight is 439 g/mol. The fourth-order valence-electron chi connectivity index (χ4n) is 3.12. The van der Waals surface area contributed by atoms with Crippen molar-refractivity contribution in [1.82, 2.24) is 5.32 Å². The molecular weight excluding hydrogens is 416 g/mol. The Balaban J connectivity index is 1.78. The Morgan fingerprint density at radius 2 is 1.77 bits per heavy atom. The minimum Gasteiger partial charge on any atom is -0.462 e. The van der Waals surface area contributed by atoms with Gasteiger partial charge in [0.25, 0.3) is 0 Å². The molecule has 2 N–H and O–H groups in total. The van der Waals surface area contributed by atoms with E-state index in [2.05, 4.69) is 47.9 Å². The molecule has 0 aliphatic carbocycles. The van der Waals surface area contributed by atoms with Crippen LogP contribution in [0.25, 0.3) is 0 Å². The van der Waals surface area contributed by atoms with Gasteiger partial charge in [-0.1, -0.05) is 71.8 Å². The Morgan fingerprint density at radius 1 is 1.03 bits per heavy atom. The van der Waals surface area contributed by atoms with Crippen molar-refractivity contribution >= 4 is 40.6 Å². The molecule has 0 fully saturated rings. The van der Waals surface area contributed by atoms with Crippen LogP contribution in [0.1, 0.15) is 40.0 Å². The number of carbonyl (C=O) groups is 1. The average Bonchev–Trinajstić information content (AvgIpc) is 2.73. The monoisotopic (exact) mass is 438 g/mol. The van der Waals surface area contributed by atoms with Gasteiger partial charge in [0.15, 0.2) is 5.11 Å². The van der Waals surface area contributed by atoms with Gasteiger partial charge in [0, 0.05) is 5.69 Å². The first kappa shape index (κ1) is 21.8. The van der Waals surface area contributed by atoms with Crippen LogP contribution >= 0.6 is 23.8 Å². The van der Waals surface area contributed by atoms with Gasteiger partial charge in [0.1, 0.15) is 0 Å². The molecule has 0 unspecified atom stereocenters. The van der Waals surface area contributed by atoms with Crippen LogP contribution in [0.3, 0.4) is 0 Å². The molecule has 6 heteroatoms. The number of anilines is 1. The van der Waals surface area contributed by atoms with Gasteiger partial charge in [-0.15, -0.1) is 0 Å². The van der Waals surface area contributed by atoms with Gasteiger partial charge in [0.05, 0.1) is 23.2 Å². The quantitative estimate of drug-likeness (QED) is 0.370. The first-order valence-electron chi connectivity index (χ1n) is 9.63. The minimum absolute atomic E-state index is 0.111. The van der Waals surface area contributed by atoms with Crippen molar-refractivity contribution in [2.75, 3.05) is 11.9 Å². The highest BCUT2D eigenvalue weighted by Crippen LogP contribution is 2.24. The lowest BCUT2D eigenvalue weighted by Crippen LogP contribution is -2.33. The molecule has 0 aliphatic rings. The Kier molecular flexibility index (Phi) is 7.44. The third kappa shape index (κ3) is 5.59. The van der Waals surface area contributed by atoms with E-state index in [-0.39, 0.29) is 6.04 Å². The molecule has 3 rings (SSSR count). The van der Waals surface area contributed by atoms with Crippen LogP contribution < -0.4 is 10.6 Å². The molecule has 1 atom stereocenters. The van der Waals surface area contributed by atoms with Crippen molar-refractivity contribution < 1.29 is 9.53 Å². The third-order valence-corrected chi connectivity index (χ3v) is 5.04. The van der Waals surface area contributed by atoms with Crippen LogP contribution in [0.15, 0.2) is 72.8 Å². The smallest absolute Gasteiger partial charge is 0.339 e. The van der Waals surface area contributed by atoms with Gasteiger partial charge in [-0.05, 0) is 55.4 Å². The normalized spacial score (nSPS) is 11.4. The fraction of sp³-hybridized carbons (Fsp3) is 0.167. The number of hydrogen-bond acceptors (Lipinski definition) is 3. The second-order valence-electron chi connectivity index (χ2n) is 6.77. The van der Waals surface area contributed by atoms with Gasteiger partial charge < -0.3 is 15.4 Å². The second kappa shape index (κ2) is 10.2. The van der Waals surface area contributed by atoms with Crippen LogP contribution in [0.4, 0.5) is 5.69 Å². The van der Waals surface area contributed by atoms with E-state index in [1.165, 1.54) is 5.56 Å². The summed E-state index contributed by atoms with van der Waals surface area (Å²) in [6.07, 6.45) is 0. The Morgan fingerprint density at radius 3 is 2.43 bits per heavy atom. The lowest BCUT2D eigenvalue weighted by atomic mass is 9.97. The molecule has 0 radical (unpaired) electrons. The number of nitrogens with one attached hydrogen (secondary N) is 2. The maximum atomic E-state index is 11.9. The van der Waals surface area contributed by atoms with E-state index in [9.17, 15) is 4.79 Å². The number of aryl methyl sites for hydroxylation is 1. The second-order valence-corrected chi connectivity index (χ2v) is 7.59. The summed E-state index contributed by atoms with van der Waals surface area (Å²) in [6, 6.07) is 23.4. The highest BCUT2D eigenvalue weighted by molar-refractivity contribution is 7.80. The van der Waals surface area contributed by atoms with Crippen molar-refractivity contribution in [3.05, 3.63) is 100 Å². The number of thiocarbonyl (C=S) groups is 1. The van der Waals surface area contributed by atoms with Gasteiger partial charge in [-0.2, -0.15) is 0 Å². The van der Waals surface area contributed by atoms with E-state index in [1.54, 1.807) is 25.1 Å². The largest absolute Gasteiger partial charge is 0.462 e. The number of hydrogen-bond donors (Lipinski definition) is 2. The van der Waals surface area contributed by atoms with Gasteiger partial charge in [-0.3, -0.25) is 0 Å². The molecule has 4 nitrogen and oxygen atoms in total. The van der Waals surface area contributed by atoms with Crippen molar-refractivity contribution in [3.8, 4) is 0 Å². The van der Waals surface area contributed by atoms with Crippen LogP contribution in [0.5, 0.6) is 0 Å². The number of halogens is 1. The Labute approximate surface area is 187 Å². The zero-order valence-corrected chi connectivity index (χ0v) is 18.4. The molecule has 0 amide bonds. The van der Waals surface area contributed by atoms with E-state index in [0.717, 1.165) is 11.1 Å². The summed E-state index contributed by atoms with van der Waals surface area (Å²) in [5, 5.41) is 7.29. The first-order valence-corrected chi connectivity index (χ1v) is 10.4. The number of benzene rings is 3. The topological polar surface area (TPSA) is 50.4 Å². The first-order chi connectivity index (χ1) is 14.5. The molecule has 30 heavy (non-hydrogen) atoms. The number of esters is 1. The summed E-state index contributed by atoms with van der Waals surface area (Å²) in [5.41, 5.74) is 4.39. The molecule has 154 valence electrons. The van der Waals surface area contributed by atoms with Crippen molar-refractivity contribution in [1.29, 1.82) is 0 Å². The molecule has 0 saturated carbocycles. The van der Waals surface area contributed by atoms with Crippen LogP contribution in [0.2, 0.25) is 5.02 Å². The SMILES string of the molecule is CCOC(=O)c1ccc(NC(=S)N[C@@H](c2ccccc2)c2cccc(C)c2)cc1Cl. The standard InChI is InChI=1S/C24H23ClN2O2S/c1-3-29-23(28)20-13-12-19(15-21(20)25)26-24(30)27-22(17-9-5-4-6-10-17)18-11-7-8-16(2)14-18/h4-15,22H,3H2,1-2H3,(H2,26,27,30)/t22-/m0/s1. The lowest BCUT2D eigenvalue weighted by molar-refractivity contribution is 0.0526. The summed E-state index contributed by atoms with van der Waals surface area (Å²) in [7, 11) is 0. The number of ether oxygens (including phenoxy) is 1. The van der Waals surface area contributed by atoms with Gasteiger partial charge >= 0.3 is 5.97 Å². The molecular formula is C24H23ClN2O2S. The summed E-state index contributed by atoms with van der Waals surface area (Å²) in [5.74, 6) is -0.446. The molecule has 0 heterocycles. The van der Waals surface area contributed by atoms with Crippen molar-refractivity contribution in [2.45, 2.75) is 19.9 Å². The Hall–Kier alpha value is -2.89. The highest BCUT2D eigenvalue weighted by Gasteiger charge is 2.16. The van der Waals surface area contributed by atoms with E-state index in [4.69, 9.17) is 28.6 Å². The molecule has 0 aliphatic heterocycles. The molecule has 3 aromatic carbocycles. The van der Waals surface area contributed by atoms with Gasteiger partial charge in [0.2, 0.25) is 0 Å². The molecule has 3 aromatic rings. The molecule has 0 aromatic heterocycles. The Bertz CT molecular complexity index is 1040. The van der Waals surface area contributed by atoms with Crippen LogP contribution in [0, 0.1) is 6.92 Å². The van der Waals surface area contributed by atoms with Crippen molar-refractivity contribution in [3.63, 3.8) is 0 Å². The van der Waals surface area contributed by atoms with Crippen LogP contribution in [-0.4, -0.2) is 17.7 Å². The predicted octanol–water partition coefficient (Wildman–Crippen LogP) is 5.90. The van der Waals surface area contributed by atoms with E-state index in [0.29, 0.717) is 28.0 Å².